The molecule has 0 fully saturated rings. The Morgan fingerprint density at radius 1 is 1.40 bits per heavy atom. The molecule has 0 amide bonds. The molecule has 0 bridgehead atoms. The van der Waals surface area contributed by atoms with E-state index < -0.39 is 0 Å². The van der Waals surface area contributed by atoms with Crippen LogP contribution >= 0.6 is 0 Å². The number of hydrogen-bond donors (Lipinski definition) is 3. The molecule has 0 spiro atoms. The number of nitrogens with one attached hydrogen (secondary N) is 1. The highest BCUT2D eigenvalue weighted by Gasteiger charge is 2.26. The minimum Gasteiger partial charge on any atom is -0.396 e. The van der Waals surface area contributed by atoms with Gasteiger partial charge in [-0.05, 0) is 19.9 Å². The molecule has 5 heteroatoms. The Bertz CT molecular complexity index is 154. The van der Waals surface area contributed by atoms with Gasteiger partial charge in [0.15, 0.2) is 6.29 Å². The molecule has 0 aromatic heterocycles. The van der Waals surface area contributed by atoms with Gasteiger partial charge in [0.25, 0.3) is 0 Å². The first-order chi connectivity index (χ1) is 7.11. The van der Waals surface area contributed by atoms with Crippen molar-refractivity contribution in [2.24, 2.45) is 5.73 Å². The van der Waals surface area contributed by atoms with Crippen LogP contribution in [0.25, 0.3) is 0 Å². The van der Waals surface area contributed by atoms with Gasteiger partial charge in [0.1, 0.15) is 0 Å². The van der Waals surface area contributed by atoms with Gasteiger partial charge in [-0.15, -0.1) is 0 Å². The van der Waals surface area contributed by atoms with E-state index in [-0.39, 0.29) is 18.4 Å². The molecular weight excluding hydrogens is 196 g/mol. The molecule has 0 aliphatic carbocycles. The lowest BCUT2D eigenvalue weighted by atomic mass is 9.97. The Labute approximate surface area is 91.9 Å². The molecule has 5 nitrogen and oxygen atoms in total. The summed E-state index contributed by atoms with van der Waals surface area (Å²) < 4.78 is 10.3. The quantitative estimate of drug-likeness (QED) is 0.367. The van der Waals surface area contributed by atoms with Crippen LogP contribution < -0.4 is 11.1 Å². The zero-order valence-corrected chi connectivity index (χ0v) is 9.95. The first kappa shape index (κ1) is 14.8. The fourth-order valence-electron chi connectivity index (χ4n) is 1.33. The maximum atomic E-state index is 8.69. The number of ether oxygens (including phenoxy) is 2. The van der Waals surface area contributed by atoms with Crippen molar-refractivity contribution in [1.29, 1.82) is 0 Å². The Hall–Kier alpha value is -0.200. The highest BCUT2D eigenvalue weighted by Crippen LogP contribution is 2.13. The number of methoxy groups -OCH3 is 2. The molecule has 0 radical (unpaired) electrons. The summed E-state index contributed by atoms with van der Waals surface area (Å²) in [7, 11) is 3.22. The molecule has 0 aromatic rings. The molecule has 0 aromatic carbocycles. The Balaban J connectivity index is 4.04. The molecule has 0 aliphatic heterocycles. The normalized spacial score (nSPS) is 15.6. The van der Waals surface area contributed by atoms with E-state index in [1.807, 2.05) is 6.92 Å². The number of rotatable bonds is 9. The zero-order valence-electron chi connectivity index (χ0n) is 9.95. The van der Waals surface area contributed by atoms with Crippen molar-refractivity contribution < 1.29 is 14.6 Å². The van der Waals surface area contributed by atoms with Crippen molar-refractivity contribution in [3.8, 4) is 0 Å². The summed E-state index contributed by atoms with van der Waals surface area (Å²) in [4.78, 5) is 0. The lowest BCUT2D eigenvalue weighted by Gasteiger charge is -2.32. The van der Waals surface area contributed by atoms with Crippen molar-refractivity contribution in [2.75, 3.05) is 33.9 Å². The summed E-state index contributed by atoms with van der Waals surface area (Å²) in [5, 5.41) is 12.0. The van der Waals surface area contributed by atoms with Crippen LogP contribution in [0.3, 0.4) is 0 Å². The Morgan fingerprint density at radius 2 is 2.00 bits per heavy atom. The fourth-order valence-corrected chi connectivity index (χ4v) is 1.33. The molecule has 0 aliphatic rings. The lowest BCUT2D eigenvalue weighted by Crippen LogP contribution is -2.51. The summed E-state index contributed by atoms with van der Waals surface area (Å²) in [6.07, 6.45) is 1.16. The van der Waals surface area contributed by atoms with Gasteiger partial charge in [0.05, 0.1) is 0 Å². The second kappa shape index (κ2) is 8.01. The van der Waals surface area contributed by atoms with Crippen LogP contribution in [0.2, 0.25) is 0 Å². The summed E-state index contributed by atoms with van der Waals surface area (Å²) in [5.41, 5.74) is 5.49. The third-order valence-electron chi connectivity index (χ3n) is 2.48. The topological polar surface area (TPSA) is 76.7 Å². The van der Waals surface area contributed by atoms with Gasteiger partial charge in [-0.25, -0.2) is 0 Å². The monoisotopic (exact) mass is 220 g/mol. The van der Waals surface area contributed by atoms with Crippen LogP contribution in [0.15, 0.2) is 0 Å². The molecular formula is C10H24N2O3. The number of aliphatic hydroxyl groups is 1. The van der Waals surface area contributed by atoms with Gasteiger partial charge in [0.2, 0.25) is 0 Å². The predicted octanol–water partition coefficient (Wildman–Crippen LogP) is -0.315. The SMILES string of the molecule is COC(CC(C)(CN)NCCCO)OC. The largest absolute Gasteiger partial charge is 0.396 e. The molecule has 4 N–H and O–H groups in total. The van der Waals surface area contributed by atoms with Crippen LogP contribution in [-0.4, -0.2) is 50.9 Å². The first-order valence-electron chi connectivity index (χ1n) is 5.23. The van der Waals surface area contributed by atoms with E-state index in [0.29, 0.717) is 13.0 Å². The van der Waals surface area contributed by atoms with Crippen molar-refractivity contribution in [3.05, 3.63) is 0 Å². The van der Waals surface area contributed by atoms with E-state index in [2.05, 4.69) is 5.32 Å². The van der Waals surface area contributed by atoms with Gasteiger partial charge in [0, 0.05) is 39.3 Å². The smallest absolute Gasteiger partial charge is 0.158 e. The zero-order chi connectivity index (χ0) is 11.7. The molecule has 1 unspecified atom stereocenters. The number of aliphatic hydroxyl groups excluding tert-OH is 1. The van der Waals surface area contributed by atoms with Crippen LogP contribution in [0.5, 0.6) is 0 Å². The van der Waals surface area contributed by atoms with E-state index in [1.54, 1.807) is 14.2 Å². The third kappa shape index (κ3) is 6.06. The van der Waals surface area contributed by atoms with E-state index in [4.69, 9.17) is 20.3 Å². The van der Waals surface area contributed by atoms with Crippen LogP contribution in [0.1, 0.15) is 19.8 Å². The average molecular weight is 220 g/mol. The minimum absolute atomic E-state index is 0.186. The molecule has 0 rings (SSSR count). The summed E-state index contributed by atoms with van der Waals surface area (Å²) in [5.74, 6) is 0. The summed E-state index contributed by atoms with van der Waals surface area (Å²) >= 11 is 0. The standard InChI is InChI=1S/C10H24N2O3/c1-10(8-11,12-5-4-6-13)7-9(14-2)15-3/h9,12-13H,4-8,11H2,1-3H3. The molecule has 0 saturated heterocycles. The maximum Gasteiger partial charge on any atom is 0.158 e. The molecule has 0 saturated carbocycles. The second-order valence-electron chi connectivity index (χ2n) is 3.87. The Kier molecular flexibility index (Phi) is 7.90. The van der Waals surface area contributed by atoms with Crippen molar-refractivity contribution in [3.63, 3.8) is 0 Å². The highest BCUT2D eigenvalue weighted by atomic mass is 16.7. The van der Waals surface area contributed by atoms with Gasteiger partial charge in [-0.2, -0.15) is 0 Å². The van der Waals surface area contributed by atoms with Crippen LogP contribution in [0, 0.1) is 0 Å². The minimum atomic E-state index is -0.250. The van der Waals surface area contributed by atoms with Crippen molar-refractivity contribution in [1.82, 2.24) is 5.32 Å². The Morgan fingerprint density at radius 3 is 2.40 bits per heavy atom. The van der Waals surface area contributed by atoms with E-state index in [1.165, 1.54) is 0 Å². The third-order valence-corrected chi connectivity index (χ3v) is 2.48. The first-order valence-corrected chi connectivity index (χ1v) is 5.23. The second-order valence-corrected chi connectivity index (χ2v) is 3.87. The molecule has 1 atom stereocenters. The van der Waals surface area contributed by atoms with Gasteiger partial charge in [-0.1, -0.05) is 0 Å². The number of nitrogens with two attached hydrogens (primary N) is 1. The van der Waals surface area contributed by atoms with Crippen LogP contribution in [-0.2, 0) is 9.47 Å². The van der Waals surface area contributed by atoms with Crippen molar-refractivity contribution >= 4 is 0 Å². The lowest BCUT2D eigenvalue weighted by molar-refractivity contribution is -0.117. The summed E-state index contributed by atoms with van der Waals surface area (Å²) in [6, 6.07) is 0. The van der Waals surface area contributed by atoms with Crippen molar-refractivity contribution in [2.45, 2.75) is 31.6 Å². The van der Waals surface area contributed by atoms with E-state index in [9.17, 15) is 0 Å². The van der Waals surface area contributed by atoms with Crippen LogP contribution in [0.4, 0.5) is 0 Å². The van der Waals surface area contributed by atoms with Gasteiger partial charge < -0.3 is 25.6 Å². The molecule has 0 heterocycles. The molecule has 92 valence electrons. The maximum absolute atomic E-state index is 8.69. The predicted molar refractivity (Wildman–Crippen MR) is 59.6 cm³/mol. The number of hydrogen-bond acceptors (Lipinski definition) is 5. The van der Waals surface area contributed by atoms with E-state index >= 15 is 0 Å². The average Bonchev–Trinajstić information content (AvgIpc) is 2.26. The van der Waals surface area contributed by atoms with Gasteiger partial charge >= 0.3 is 0 Å². The fraction of sp³-hybridized carbons (Fsp3) is 1.00. The van der Waals surface area contributed by atoms with E-state index in [0.717, 1.165) is 13.0 Å². The molecule has 15 heavy (non-hydrogen) atoms. The highest BCUT2D eigenvalue weighted by molar-refractivity contribution is 4.85. The van der Waals surface area contributed by atoms with Gasteiger partial charge in [-0.3, -0.25) is 0 Å². The summed E-state index contributed by atoms with van der Waals surface area (Å²) in [6.45, 7) is 3.45.